The van der Waals surface area contributed by atoms with E-state index in [9.17, 15) is 23.2 Å². The molecule has 6 nitrogen and oxygen atoms in total. The van der Waals surface area contributed by atoms with Crippen LogP contribution in [-0.4, -0.2) is 42.9 Å². The molecular weight excluding hydrogens is 358 g/mol. The summed E-state index contributed by atoms with van der Waals surface area (Å²) in [5.41, 5.74) is 0.524. The molecule has 0 fully saturated rings. The summed E-state index contributed by atoms with van der Waals surface area (Å²) in [5, 5.41) is 2.15. The van der Waals surface area contributed by atoms with Gasteiger partial charge in [-0.2, -0.15) is 0 Å². The van der Waals surface area contributed by atoms with Crippen LogP contribution >= 0.6 is 0 Å². The van der Waals surface area contributed by atoms with Crippen LogP contribution in [0, 0.1) is 11.6 Å². The van der Waals surface area contributed by atoms with Crippen molar-refractivity contribution < 1.29 is 27.9 Å². The second-order valence-electron chi connectivity index (χ2n) is 5.70. The van der Waals surface area contributed by atoms with Gasteiger partial charge in [-0.3, -0.25) is 14.4 Å². The van der Waals surface area contributed by atoms with Crippen LogP contribution in [0.4, 0.5) is 8.78 Å². The van der Waals surface area contributed by atoms with Crippen molar-refractivity contribution in [1.82, 2.24) is 10.2 Å². The van der Waals surface area contributed by atoms with Gasteiger partial charge >= 0.3 is 5.97 Å². The Morgan fingerprint density at radius 2 is 1.78 bits per heavy atom. The van der Waals surface area contributed by atoms with Gasteiger partial charge in [-0.05, 0) is 17.7 Å². The van der Waals surface area contributed by atoms with E-state index in [1.807, 2.05) is 30.3 Å². The highest BCUT2D eigenvalue weighted by molar-refractivity contribution is 5.96. The third-order valence-corrected chi connectivity index (χ3v) is 3.61. The number of halogens is 2. The van der Waals surface area contributed by atoms with Gasteiger partial charge in [-0.1, -0.05) is 30.3 Å². The summed E-state index contributed by atoms with van der Waals surface area (Å²) in [4.78, 5) is 36.8. The van der Waals surface area contributed by atoms with Gasteiger partial charge in [-0.15, -0.1) is 0 Å². The zero-order valence-electron chi connectivity index (χ0n) is 14.6. The maximum absolute atomic E-state index is 13.5. The number of nitrogens with one attached hydrogen (secondary N) is 1. The molecule has 0 heterocycles. The molecule has 8 heteroatoms. The van der Waals surface area contributed by atoms with E-state index in [0.717, 1.165) is 17.7 Å². The first-order valence-electron chi connectivity index (χ1n) is 8.03. The molecule has 0 saturated carbocycles. The van der Waals surface area contributed by atoms with Crippen molar-refractivity contribution in [3.05, 3.63) is 71.3 Å². The van der Waals surface area contributed by atoms with Crippen molar-refractivity contribution in [1.29, 1.82) is 0 Å². The fraction of sp³-hybridized carbons (Fsp3) is 0.211. The first-order chi connectivity index (χ1) is 12.9. The summed E-state index contributed by atoms with van der Waals surface area (Å²) >= 11 is 0. The highest BCUT2D eigenvalue weighted by atomic mass is 19.1. The van der Waals surface area contributed by atoms with Crippen LogP contribution in [0.5, 0.6) is 0 Å². The number of esters is 1. The van der Waals surface area contributed by atoms with Gasteiger partial charge in [0.2, 0.25) is 0 Å². The average molecular weight is 376 g/mol. The van der Waals surface area contributed by atoms with Crippen molar-refractivity contribution in [3.8, 4) is 0 Å². The first kappa shape index (κ1) is 20.0. The molecule has 0 unspecified atom stereocenters. The summed E-state index contributed by atoms with van der Waals surface area (Å²) in [5.74, 6) is -4.02. The number of nitrogens with zero attached hydrogens (tertiary/aromatic N) is 1. The summed E-state index contributed by atoms with van der Waals surface area (Å²) in [7, 11) is 1.57. The molecule has 142 valence electrons. The van der Waals surface area contributed by atoms with E-state index in [0.29, 0.717) is 12.6 Å². The van der Waals surface area contributed by atoms with Crippen LogP contribution in [0.3, 0.4) is 0 Å². The van der Waals surface area contributed by atoms with E-state index in [1.54, 1.807) is 7.05 Å². The lowest BCUT2D eigenvalue weighted by Crippen LogP contribution is -2.34. The molecule has 2 rings (SSSR count). The van der Waals surface area contributed by atoms with Gasteiger partial charge in [0, 0.05) is 19.7 Å². The minimum absolute atomic E-state index is 0.359. The van der Waals surface area contributed by atoms with Crippen LogP contribution in [0.25, 0.3) is 0 Å². The highest BCUT2D eigenvalue weighted by Gasteiger charge is 2.16. The zero-order valence-corrected chi connectivity index (χ0v) is 14.6. The van der Waals surface area contributed by atoms with Crippen molar-refractivity contribution >= 4 is 17.8 Å². The Labute approximate surface area is 154 Å². The fourth-order valence-corrected chi connectivity index (χ4v) is 2.17. The van der Waals surface area contributed by atoms with E-state index in [-0.39, 0.29) is 0 Å². The second-order valence-corrected chi connectivity index (χ2v) is 5.70. The third kappa shape index (κ3) is 6.18. The van der Waals surface area contributed by atoms with Gasteiger partial charge in [0.1, 0.15) is 18.2 Å². The quantitative estimate of drug-likeness (QED) is 0.749. The number of hydrogen-bond acceptors (Lipinski definition) is 4. The lowest BCUT2D eigenvalue weighted by Gasteiger charge is -2.17. The number of ether oxygens (including phenoxy) is 1. The van der Waals surface area contributed by atoms with E-state index >= 15 is 0 Å². The average Bonchev–Trinajstić information content (AvgIpc) is 2.64. The lowest BCUT2D eigenvalue weighted by atomic mass is 10.2. The molecule has 0 radical (unpaired) electrons. The number of amides is 2. The molecule has 1 N–H and O–H groups in total. The SMILES string of the molecule is CN(Cc1ccccc1)C(=O)COC(=O)CNC(=O)c1ccc(F)cc1F. The molecule has 0 aromatic heterocycles. The van der Waals surface area contributed by atoms with Gasteiger partial charge in [0.05, 0.1) is 5.56 Å². The van der Waals surface area contributed by atoms with Gasteiger partial charge in [0.15, 0.2) is 6.61 Å². The molecular formula is C19H18F2N2O4. The van der Waals surface area contributed by atoms with Crippen molar-refractivity contribution in [2.24, 2.45) is 0 Å². The van der Waals surface area contributed by atoms with E-state index < -0.39 is 48.1 Å². The maximum atomic E-state index is 13.5. The Hall–Kier alpha value is -3.29. The number of carbonyl (C=O) groups excluding carboxylic acids is 3. The van der Waals surface area contributed by atoms with Gasteiger partial charge in [0.25, 0.3) is 11.8 Å². The van der Waals surface area contributed by atoms with Crippen LogP contribution in [0.15, 0.2) is 48.5 Å². The minimum atomic E-state index is -1.04. The summed E-state index contributed by atoms with van der Waals surface area (Å²) in [6.45, 7) is -0.675. The predicted molar refractivity (Wildman–Crippen MR) is 92.6 cm³/mol. The molecule has 0 atom stereocenters. The Kier molecular flexibility index (Phi) is 6.99. The lowest BCUT2D eigenvalue weighted by molar-refractivity contribution is -0.150. The molecule has 0 aliphatic heterocycles. The molecule has 2 aromatic carbocycles. The van der Waals surface area contributed by atoms with E-state index in [2.05, 4.69) is 5.32 Å². The predicted octanol–water partition coefficient (Wildman–Crippen LogP) is 1.90. The minimum Gasteiger partial charge on any atom is -0.454 e. The van der Waals surface area contributed by atoms with Gasteiger partial charge < -0.3 is 15.0 Å². The van der Waals surface area contributed by atoms with Crippen LogP contribution in [0.2, 0.25) is 0 Å². The van der Waals surface area contributed by atoms with Crippen LogP contribution in [-0.2, 0) is 20.9 Å². The first-order valence-corrected chi connectivity index (χ1v) is 8.03. The maximum Gasteiger partial charge on any atom is 0.325 e. The summed E-state index contributed by atoms with van der Waals surface area (Å²) in [6.07, 6.45) is 0. The molecule has 0 aliphatic carbocycles. The number of likely N-dealkylation sites (N-methyl/N-ethyl adjacent to an activating group) is 1. The van der Waals surface area contributed by atoms with Crippen molar-refractivity contribution in [3.63, 3.8) is 0 Å². The number of benzene rings is 2. The van der Waals surface area contributed by atoms with Gasteiger partial charge in [-0.25, -0.2) is 8.78 Å². The zero-order chi connectivity index (χ0) is 19.8. The fourth-order valence-electron chi connectivity index (χ4n) is 2.17. The Balaban J connectivity index is 1.75. The number of carbonyl (C=O) groups is 3. The molecule has 0 bridgehead atoms. The summed E-state index contributed by atoms with van der Waals surface area (Å²) < 4.78 is 31.1. The van der Waals surface area contributed by atoms with E-state index in [4.69, 9.17) is 4.74 Å². The molecule has 0 saturated heterocycles. The highest BCUT2D eigenvalue weighted by Crippen LogP contribution is 2.09. The Morgan fingerprint density at radius 1 is 1.07 bits per heavy atom. The van der Waals surface area contributed by atoms with Crippen molar-refractivity contribution in [2.75, 3.05) is 20.2 Å². The number of rotatable bonds is 7. The molecule has 0 aliphatic rings. The third-order valence-electron chi connectivity index (χ3n) is 3.61. The van der Waals surface area contributed by atoms with Crippen LogP contribution in [0.1, 0.15) is 15.9 Å². The normalized spacial score (nSPS) is 10.2. The topological polar surface area (TPSA) is 75.7 Å². The molecule has 27 heavy (non-hydrogen) atoms. The Bertz CT molecular complexity index is 828. The monoisotopic (exact) mass is 376 g/mol. The second kappa shape index (κ2) is 9.42. The van der Waals surface area contributed by atoms with E-state index in [1.165, 1.54) is 4.90 Å². The molecule has 0 spiro atoms. The summed E-state index contributed by atoms with van der Waals surface area (Å²) in [6, 6.07) is 11.7. The van der Waals surface area contributed by atoms with Crippen molar-refractivity contribution in [2.45, 2.75) is 6.54 Å². The van der Waals surface area contributed by atoms with Crippen LogP contribution < -0.4 is 5.32 Å². The Morgan fingerprint density at radius 3 is 2.44 bits per heavy atom. The molecule has 2 amide bonds. The number of hydrogen-bond donors (Lipinski definition) is 1. The molecule has 2 aromatic rings. The standard InChI is InChI=1S/C19H18F2N2O4/c1-23(11-13-5-3-2-4-6-13)17(24)12-27-18(25)10-22-19(26)15-8-7-14(20)9-16(15)21/h2-9H,10-12H2,1H3,(H,22,26). The largest absolute Gasteiger partial charge is 0.454 e. The smallest absolute Gasteiger partial charge is 0.325 e.